The number of hydrazine groups is 2. The van der Waals surface area contributed by atoms with Crippen molar-refractivity contribution in [2.45, 2.75) is 12.6 Å². The summed E-state index contributed by atoms with van der Waals surface area (Å²) in [5, 5.41) is 18.3. The monoisotopic (exact) mass is 341 g/mol. The molecule has 2 aromatic carbocycles. The number of hydrogen-bond donors (Lipinski definition) is 6. The van der Waals surface area contributed by atoms with Gasteiger partial charge in [-0.05, 0) is 36.8 Å². The van der Waals surface area contributed by atoms with Gasteiger partial charge in [0.05, 0.1) is 18.8 Å². The fraction of sp³-hybridized carbons (Fsp3) is 0.235. The quantitative estimate of drug-likeness (QED) is 0.423. The highest BCUT2D eigenvalue weighted by atomic mass is 16.3. The number of amidine groups is 1. The minimum atomic E-state index is -0.860. The molecule has 0 radical (unpaired) electrons. The lowest BCUT2D eigenvalue weighted by atomic mass is 10.0. The van der Waals surface area contributed by atoms with Crippen LogP contribution in [0.5, 0.6) is 0 Å². The Morgan fingerprint density at radius 3 is 2.56 bits per heavy atom. The third-order valence-electron chi connectivity index (χ3n) is 3.82. The van der Waals surface area contributed by atoms with E-state index in [1.807, 2.05) is 48.5 Å². The number of β-amino-alcohol motifs (C(OH)–C–C–N with tert-alkyl or cyclic N) is 1. The lowest BCUT2D eigenvalue weighted by Gasteiger charge is -2.20. The lowest BCUT2D eigenvalue weighted by Crippen LogP contribution is -2.43. The summed E-state index contributed by atoms with van der Waals surface area (Å²) in [4.78, 5) is 0. The molecule has 1 aliphatic rings. The van der Waals surface area contributed by atoms with Crippen LogP contribution in [0.2, 0.25) is 0 Å². The van der Waals surface area contributed by atoms with Gasteiger partial charge in [-0.1, -0.05) is 24.3 Å². The van der Waals surface area contributed by atoms with Gasteiger partial charge in [-0.2, -0.15) is 0 Å². The van der Waals surface area contributed by atoms with Crippen molar-refractivity contribution in [1.82, 2.24) is 16.1 Å². The second-order valence-corrected chi connectivity index (χ2v) is 6.08. The second-order valence-electron chi connectivity index (χ2n) is 6.08. The Hall–Kier alpha value is -2.65. The first-order valence-electron chi connectivity index (χ1n) is 8.00. The number of nitrogens with two attached hydrogens (primary N) is 2. The zero-order chi connectivity index (χ0) is 17.9. The summed E-state index contributed by atoms with van der Waals surface area (Å²) in [7, 11) is 0. The number of benzene rings is 2. The molecule has 0 amide bonds. The van der Waals surface area contributed by atoms with E-state index >= 15 is 0 Å². The lowest BCUT2D eigenvalue weighted by molar-refractivity contribution is 0.135. The third-order valence-corrected chi connectivity index (χ3v) is 3.82. The van der Waals surface area contributed by atoms with Crippen LogP contribution in [0.15, 0.2) is 53.6 Å². The van der Waals surface area contributed by atoms with Crippen LogP contribution in [-0.4, -0.2) is 29.2 Å². The second kappa shape index (κ2) is 7.08. The molecular weight excluding hydrogens is 318 g/mol. The Labute approximate surface area is 146 Å². The zero-order valence-electron chi connectivity index (χ0n) is 14.0. The van der Waals surface area contributed by atoms with E-state index in [4.69, 9.17) is 16.6 Å². The molecule has 0 atom stereocenters. The standard InChI is InChI=1S/C17H23N7O/c1-17(18,19)12-6-8-13(9-7-12)20-15-5-3-2-4-14(15)16-21-23-24(22-16)10-11-25/h2-9,20,23,25H,10-11,18-19H2,1H3,(H,21,22). The molecule has 132 valence electrons. The van der Waals surface area contributed by atoms with E-state index in [0.717, 1.165) is 22.5 Å². The highest BCUT2D eigenvalue weighted by Gasteiger charge is 2.18. The summed E-state index contributed by atoms with van der Waals surface area (Å²) in [6.07, 6.45) is 0. The van der Waals surface area contributed by atoms with Crippen LogP contribution in [0, 0.1) is 0 Å². The van der Waals surface area contributed by atoms with Crippen LogP contribution in [0.1, 0.15) is 18.1 Å². The number of hydrogen-bond acceptors (Lipinski definition) is 8. The van der Waals surface area contributed by atoms with Crippen molar-refractivity contribution in [3.05, 3.63) is 59.7 Å². The van der Waals surface area contributed by atoms with Gasteiger partial charge in [0.2, 0.25) is 0 Å². The number of para-hydroxylation sites is 1. The smallest absolute Gasteiger partial charge is 0.172 e. The third kappa shape index (κ3) is 4.06. The van der Waals surface area contributed by atoms with Crippen molar-refractivity contribution in [3.63, 3.8) is 0 Å². The fourth-order valence-electron chi connectivity index (χ4n) is 2.48. The molecule has 0 aliphatic carbocycles. The van der Waals surface area contributed by atoms with Gasteiger partial charge < -0.3 is 21.9 Å². The molecule has 0 aromatic heterocycles. The topological polar surface area (TPSA) is 124 Å². The van der Waals surface area contributed by atoms with Crippen LogP contribution in [0.3, 0.4) is 0 Å². The first-order valence-corrected chi connectivity index (χ1v) is 8.00. The van der Waals surface area contributed by atoms with E-state index in [-0.39, 0.29) is 6.61 Å². The Morgan fingerprint density at radius 1 is 1.16 bits per heavy atom. The van der Waals surface area contributed by atoms with Crippen LogP contribution < -0.4 is 27.7 Å². The number of anilines is 2. The maximum atomic E-state index is 9.01. The highest BCUT2D eigenvalue weighted by Crippen LogP contribution is 2.23. The fourth-order valence-corrected chi connectivity index (χ4v) is 2.48. The molecule has 8 N–H and O–H groups in total. The van der Waals surface area contributed by atoms with E-state index in [1.54, 1.807) is 12.0 Å². The van der Waals surface area contributed by atoms with Crippen LogP contribution >= 0.6 is 0 Å². The molecule has 25 heavy (non-hydrogen) atoms. The summed E-state index contributed by atoms with van der Waals surface area (Å²) >= 11 is 0. The van der Waals surface area contributed by atoms with Crippen molar-refractivity contribution in [2.24, 2.45) is 16.6 Å². The van der Waals surface area contributed by atoms with Crippen molar-refractivity contribution >= 4 is 17.2 Å². The number of aliphatic hydroxyl groups excluding tert-OH is 1. The molecular formula is C17H23N7O. The first kappa shape index (κ1) is 17.2. The van der Waals surface area contributed by atoms with E-state index in [2.05, 4.69) is 21.4 Å². The number of rotatable bonds is 6. The van der Waals surface area contributed by atoms with Gasteiger partial charge >= 0.3 is 0 Å². The Bertz CT molecular complexity index is 752. The molecule has 0 bridgehead atoms. The Balaban J connectivity index is 1.78. The van der Waals surface area contributed by atoms with Crippen LogP contribution in [-0.2, 0) is 5.66 Å². The molecule has 1 aliphatic heterocycles. The average Bonchev–Trinajstić information content (AvgIpc) is 3.04. The van der Waals surface area contributed by atoms with Crippen LogP contribution in [0.4, 0.5) is 11.4 Å². The largest absolute Gasteiger partial charge is 0.395 e. The number of nitrogens with zero attached hydrogens (tertiary/aromatic N) is 2. The highest BCUT2D eigenvalue weighted by molar-refractivity contribution is 6.04. The van der Waals surface area contributed by atoms with Crippen LogP contribution in [0.25, 0.3) is 0 Å². The maximum absolute atomic E-state index is 9.01. The molecule has 8 nitrogen and oxygen atoms in total. The van der Waals surface area contributed by atoms with Gasteiger partial charge in [0.1, 0.15) is 0 Å². The minimum Gasteiger partial charge on any atom is -0.395 e. The van der Waals surface area contributed by atoms with E-state index in [1.165, 1.54) is 0 Å². The Morgan fingerprint density at radius 2 is 1.88 bits per heavy atom. The summed E-state index contributed by atoms with van der Waals surface area (Å²) in [6, 6.07) is 15.5. The van der Waals surface area contributed by atoms with Gasteiger partial charge in [-0.15, -0.1) is 10.2 Å². The Kier molecular flexibility index (Phi) is 4.86. The molecule has 0 saturated carbocycles. The predicted molar refractivity (Wildman–Crippen MR) is 98.5 cm³/mol. The summed E-state index contributed by atoms with van der Waals surface area (Å²) < 4.78 is 0. The summed E-state index contributed by atoms with van der Waals surface area (Å²) in [5.74, 6) is 0.671. The molecule has 1 heterocycles. The van der Waals surface area contributed by atoms with Gasteiger partial charge in [0.15, 0.2) is 5.84 Å². The number of aliphatic hydroxyl groups is 1. The van der Waals surface area contributed by atoms with E-state index in [9.17, 15) is 0 Å². The number of hydrazone groups is 1. The molecule has 3 rings (SSSR count). The molecule has 0 spiro atoms. The predicted octanol–water partition coefficient (Wildman–Crippen LogP) is 0.499. The van der Waals surface area contributed by atoms with Gasteiger partial charge in [0, 0.05) is 16.9 Å². The summed E-state index contributed by atoms with van der Waals surface area (Å²) in [5.41, 5.74) is 20.5. The normalized spacial score (nSPS) is 14.6. The van der Waals surface area contributed by atoms with Gasteiger partial charge in [-0.25, -0.2) is 5.53 Å². The minimum absolute atomic E-state index is 0.0241. The molecule has 0 saturated heterocycles. The van der Waals surface area contributed by atoms with Crippen molar-refractivity contribution in [1.29, 1.82) is 0 Å². The van der Waals surface area contributed by atoms with Gasteiger partial charge in [0.25, 0.3) is 0 Å². The maximum Gasteiger partial charge on any atom is 0.172 e. The summed E-state index contributed by atoms with van der Waals surface area (Å²) in [6.45, 7) is 2.21. The van der Waals surface area contributed by atoms with E-state index in [0.29, 0.717) is 12.4 Å². The molecule has 8 heteroatoms. The molecule has 0 fully saturated rings. The van der Waals surface area contributed by atoms with Crippen molar-refractivity contribution in [3.8, 4) is 0 Å². The molecule has 0 unspecified atom stereocenters. The van der Waals surface area contributed by atoms with E-state index < -0.39 is 5.66 Å². The van der Waals surface area contributed by atoms with Crippen molar-refractivity contribution < 1.29 is 5.11 Å². The van der Waals surface area contributed by atoms with Gasteiger partial charge in [-0.3, -0.25) is 5.43 Å². The number of nitrogens with one attached hydrogen (secondary N) is 3. The molecule has 2 aromatic rings. The average molecular weight is 341 g/mol. The van der Waals surface area contributed by atoms with Crippen molar-refractivity contribution in [2.75, 3.05) is 18.5 Å². The SMILES string of the molecule is CC(N)(N)c1ccc(Nc2ccccc2C2=NNN(CCO)N2)cc1. The first-order chi connectivity index (χ1) is 12.0. The zero-order valence-corrected chi connectivity index (χ0v) is 14.0.